The first-order valence-corrected chi connectivity index (χ1v) is 6.06. The quantitative estimate of drug-likeness (QED) is 0.736. The maximum absolute atomic E-state index is 5.90. The largest absolute Gasteiger partial charge is 0.394 e. The van der Waals surface area contributed by atoms with Crippen molar-refractivity contribution in [3.8, 4) is 0 Å². The molecular weight excluding hydrogens is 238 g/mol. The highest BCUT2D eigenvalue weighted by molar-refractivity contribution is 5.92. The van der Waals surface area contributed by atoms with E-state index in [-0.39, 0.29) is 0 Å². The lowest BCUT2D eigenvalue weighted by Crippen LogP contribution is -1.97. The zero-order chi connectivity index (χ0) is 13.4. The average Bonchev–Trinajstić information content (AvgIpc) is 2.69. The molecule has 3 N–H and O–H groups in total. The Hall–Kier alpha value is -2.56. The molecule has 19 heavy (non-hydrogen) atoms. The maximum Gasteiger partial charge on any atom is 0.175 e. The van der Waals surface area contributed by atoms with Crippen molar-refractivity contribution in [3.05, 3.63) is 42.2 Å². The summed E-state index contributed by atoms with van der Waals surface area (Å²) in [6.45, 7) is 1.98. The second-order valence-electron chi connectivity index (χ2n) is 4.56. The van der Waals surface area contributed by atoms with Crippen LogP contribution in [-0.4, -0.2) is 14.8 Å². The van der Waals surface area contributed by atoms with E-state index in [1.165, 1.54) is 0 Å². The molecule has 0 fully saturated rings. The van der Waals surface area contributed by atoms with Gasteiger partial charge in [-0.2, -0.15) is 5.10 Å². The number of aromatic nitrogens is 3. The minimum Gasteiger partial charge on any atom is -0.394 e. The molecule has 2 heterocycles. The number of anilines is 3. The van der Waals surface area contributed by atoms with Gasteiger partial charge < -0.3 is 11.1 Å². The number of rotatable bonds is 2. The van der Waals surface area contributed by atoms with Crippen LogP contribution in [0.5, 0.6) is 0 Å². The highest BCUT2D eigenvalue weighted by Gasteiger charge is 2.07. The lowest BCUT2D eigenvalue weighted by Gasteiger charge is -2.08. The van der Waals surface area contributed by atoms with Gasteiger partial charge >= 0.3 is 0 Å². The van der Waals surface area contributed by atoms with E-state index >= 15 is 0 Å². The molecule has 0 amide bonds. The lowest BCUT2D eigenvalue weighted by atomic mass is 10.1. The molecule has 5 nitrogen and oxygen atoms in total. The Morgan fingerprint density at radius 2 is 2.05 bits per heavy atom. The van der Waals surface area contributed by atoms with Crippen LogP contribution in [0.1, 0.15) is 5.69 Å². The van der Waals surface area contributed by atoms with Gasteiger partial charge in [-0.25, -0.2) is 0 Å². The SMILES string of the molecule is Cc1ccc2cccc(Nc3nn(C)cc3N)c2n1. The molecule has 0 unspecified atom stereocenters. The minimum atomic E-state index is 0.618. The molecule has 1 aromatic carbocycles. The van der Waals surface area contributed by atoms with Gasteiger partial charge in [-0.05, 0) is 19.1 Å². The van der Waals surface area contributed by atoms with Gasteiger partial charge in [0.05, 0.1) is 16.9 Å². The Morgan fingerprint density at radius 1 is 1.21 bits per heavy atom. The summed E-state index contributed by atoms with van der Waals surface area (Å²) in [5, 5.41) is 8.62. The van der Waals surface area contributed by atoms with Crippen molar-refractivity contribution in [1.82, 2.24) is 14.8 Å². The standard InChI is InChI=1S/C14H15N5/c1-9-6-7-10-4-3-5-12(13(10)16-9)17-14-11(15)8-19(2)18-14/h3-8H,15H2,1-2H3,(H,17,18). The van der Waals surface area contributed by atoms with E-state index in [0.29, 0.717) is 11.5 Å². The molecular formula is C14H15N5. The smallest absolute Gasteiger partial charge is 0.175 e. The van der Waals surface area contributed by atoms with E-state index in [9.17, 15) is 0 Å². The summed E-state index contributed by atoms with van der Waals surface area (Å²) in [5.41, 5.74) is 9.33. The number of aryl methyl sites for hydroxylation is 2. The number of hydrogen-bond acceptors (Lipinski definition) is 4. The number of pyridine rings is 1. The van der Waals surface area contributed by atoms with Crippen molar-refractivity contribution in [2.45, 2.75) is 6.92 Å². The van der Waals surface area contributed by atoms with E-state index in [2.05, 4.69) is 21.5 Å². The van der Waals surface area contributed by atoms with Gasteiger partial charge in [0.2, 0.25) is 0 Å². The number of benzene rings is 1. The number of nitrogens with zero attached hydrogens (tertiary/aromatic N) is 3. The van der Waals surface area contributed by atoms with Crippen molar-refractivity contribution >= 4 is 28.1 Å². The molecule has 0 saturated heterocycles. The zero-order valence-corrected chi connectivity index (χ0v) is 10.9. The molecule has 0 saturated carbocycles. The van der Waals surface area contributed by atoms with Gasteiger partial charge in [-0.15, -0.1) is 0 Å². The Morgan fingerprint density at radius 3 is 2.79 bits per heavy atom. The van der Waals surface area contributed by atoms with Crippen LogP contribution in [0.25, 0.3) is 10.9 Å². The molecule has 5 heteroatoms. The lowest BCUT2D eigenvalue weighted by molar-refractivity contribution is 0.771. The van der Waals surface area contributed by atoms with Gasteiger partial charge in [-0.1, -0.05) is 18.2 Å². The molecule has 96 valence electrons. The second kappa shape index (κ2) is 4.28. The van der Waals surface area contributed by atoms with E-state index in [4.69, 9.17) is 5.73 Å². The van der Waals surface area contributed by atoms with Gasteiger partial charge in [0.25, 0.3) is 0 Å². The highest BCUT2D eigenvalue weighted by Crippen LogP contribution is 2.26. The summed E-state index contributed by atoms with van der Waals surface area (Å²) in [6.07, 6.45) is 1.77. The number of fused-ring (bicyclic) bond motifs is 1. The van der Waals surface area contributed by atoms with Gasteiger partial charge in [-0.3, -0.25) is 9.67 Å². The molecule has 0 aliphatic carbocycles. The van der Waals surface area contributed by atoms with Gasteiger partial charge in [0, 0.05) is 24.3 Å². The fourth-order valence-corrected chi connectivity index (χ4v) is 2.08. The first-order chi connectivity index (χ1) is 9.13. The highest BCUT2D eigenvalue weighted by atomic mass is 15.3. The predicted molar refractivity (Wildman–Crippen MR) is 77.4 cm³/mol. The third-order valence-electron chi connectivity index (χ3n) is 2.97. The summed E-state index contributed by atoms with van der Waals surface area (Å²) in [7, 11) is 1.84. The number of para-hydroxylation sites is 1. The first kappa shape index (κ1) is 11.5. The van der Waals surface area contributed by atoms with Crippen LogP contribution in [0.3, 0.4) is 0 Å². The van der Waals surface area contributed by atoms with Crippen molar-refractivity contribution < 1.29 is 0 Å². The Balaban J connectivity index is 2.10. The summed E-state index contributed by atoms with van der Waals surface area (Å²) >= 11 is 0. The third kappa shape index (κ3) is 2.10. The van der Waals surface area contributed by atoms with E-state index < -0.39 is 0 Å². The average molecular weight is 253 g/mol. The van der Waals surface area contributed by atoms with Gasteiger partial charge in [0.1, 0.15) is 0 Å². The molecule has 0 aliphatic rings. The van der Waals surface area contributed by atoms with Crippen LogP contribution < -0.4 is 11.1 Å². The monoisotopic (exact) mass is 253 g/mol. The summed E-state index contributed by atoms with van der Waals surface area (Å²) in [5.74, 6) is 0.651. The molecule has 0 aliphatic heterocycles. The Labute approximate surface area is 111 Å². The first-order valence-electron chi connectivity index (χ1n) is 6.06. The summed E-state index contributed by atoms with van der Waals surface area (Å²) < 4.78 is 1.68. The molecule has 3 rings (SSSR count). The van der Waals surface area contributed by atoms with Crippen molar-refractivity contribution in [3.63, 3.8) is 0 Å². The molecule has 2 aromatic heterocycles. The Bertz CT molecular complexity index is 745. The van der Waals surface area contributed by atoms with Crippen molar-refractivity contribution in [2.75, 3.05) is 11.1 Å². The normalized spacial score (nSPS) is 10.8. The second-order valence-corrected chi connectivity index (χ2v) is 4.56. The van der Waals surface area contributed by atoms with Crippen LogP contribution in [-0.2, 0) is 7.05 Å². The molecule has 0 radical (unpaired) electrons. The van der Waals surface area contributed by atoms with Crippen LogP contribution in [0.15, 0.2) is 36.5 Å². The summed E-state index contributed by atoms with van der Waals surface area (Å²) in [6, 6.07) is 10.1. The predicted octanol–water partition coefficient (Wildman–Crippen LogP) is 2.60. The third-order valence-corrected chi connectivity index (χ3v) is 2.97. The van der Waals surface area contributed by atoms with Crippen LogP contribution in [0.4, 0.5) is 17.2 Å². The van der Waals surface area contributed by atoms with Crippen LogP contribution in [0, 0.1) is 6.92 Å². The number of hydrogen-bond donors (Lipinski definition) is 2. The van der Waals surface area contributed by atoms with Crippen molar-refractivity contribution in [2.24, 2.45) is 7.05 Å². The maximum atomic E-state index is 5.90. The number of nitrogens with one attached hydrogen (secondary N) is 1. The van der Waals surface area contributed by atoms with E-state index in [0.717, 1.165) is 22.3 Å². The van der Waals surface area contributed by atoms with Crippen molar-refractivity contribution in [1.29, 1.82) is 0 Å². The molecule has 0 spiro atoms. The molecule has 0 atom stereocenters. The number of nitrogens with two attached hydrogens (primary N) is 1. The summed E-state index contributed by atoms with van der Waals surface area (Å²) in [4.78, 5) is 4.57. The zero-order valence-electron chi connectivity index (χ0n) is 10.9. The van der Waals surface area contributed by atoms with Gasteiger partial charge in [0.15, 0.2) is 5.82 Å². The fraction of sp³-hybridized carbons (Fsp3) is 0.143. The topological polar surface area (TPSA) is 68.8 Å². The van der Waals surface area contributed by atoms with E-state index in [1.54, 1.807) is 10.9 Å². The molecule has 0 bridgehead atoms. The fourth-order valence-electron chi connectivity index (χ4n) is 2.08. The van der Waals surface area contributed by atoms with E-state index in [1.807, 2.05) is 38.2 Å². The molecule has 3 aromatic rings. The van der Waals surface area contributed by atoms with Crippen LogP contribution in [0.2, 0.25) is 0 Å². The Kier molecular flexibility index (Phi) is 2.59. The number of nitrogen functional groups attached to an aromatic ring is 1. The minimum absolute atomic E-state index is 0.618. The van der Waals surface area contributed by atoms with Crippen LogP contribution >= 0.6 is 0 Å².